The molecule has 2 aromatic heterocycles. The van der Waals surface area contributed by atoms with Gasteiger partial charge in [-0.25, -0.2) is 15.0 Å². The predicted octanol–water partition coefficient (Wildman–Crippen LogP) is 5.68. The van der Waals surface area contributed by atoms with Gasteiger partial charge in [-0.1, -0.05) is 47.6 Å². The Hall–Kier alpha value is -2.48. The third kappa shape index (κ3) is 5.16. The maximum atomic E-state index is 12.3. The lowest BCUT2D eigenvalue weighted by molar-refractivity contribution is -0.113. The van der Waals surface area contributed by atoms with E-state index in [0.29, 0.717) is 10.3 Å². The van der Waals surface area contributed by atoms with Crippen LogP contribution in [0.3, 0.4) is 0 Å². The van der Waals surface area contributed by atoms with Gasteiger partial charge in [0, 0.05) is 33.9 Å². The number of hydrogen-bond donors (Lipinski definition) is 1. The van der Waals surface area contributed by atoms with Crippen LogP contribution in [0.4, 0.5) is 5.13 Å². The third-order valence-electron chi connectivity index (χ3n) is 4.39. The van der Waals surface area contributed by atoms with Crippen LogP contribution in [0.15, 0.2) is 53.8 Å². The Morgan fingerprint density at radius 2 is 1.93 bits per heavy atom. The van der Waals surface area contributed by atoms with Crippen molar-refractivity contribution in [1.82, 2.24) is 15.0 Å². The summed E-state index contributed by atoms with van der Waals surface area (Å²) in [6.07, 6.45) is 2.54. The van der Waals surface area contributed by atoms with E-state index in [1.165, 1.54) is 28.7 Å². The topological polar surface area (TPSA) is 67.8 Å². The second-order valence-corrected chi connectivity index (χ2v) is 9.36. The van der Waals surface area contributed by atoms with E-state index in [9.17, 15) is 4.79 Å². The number of aromatic nitrogens is 3. The van der Waals surface area contributed by atoms with Crippen molar-refractivity contribution in [2.24, 2.45) is 0 Å². The van der Waals surface area contributed by atoms with Gasteiger partial charge in [-0.15, -0.1) is 11.3 Å². The number of carbonyl (C=O) groups excluding carboxylic acids is 1. The number of nitrogens with zero attached hydrogens (tertiary/aromatic N) is 3. The van der Waals surface area contributed by atoms with Crippen molar-refractivity contribution in [1.29, 1.82) is 0 Å². The molecule has 5 nitrogen and oxygen atoms in total. The van der Waals surface area contributed by atoms with Crippen molar-refractivity contribution >= 4 is 56.5 Å². The van der Waals surface area contributed by atoms with Crippen molar-refractivity contribution in [3.63, 3.8) is 0 Å². The summed E-state index contributed by atoms with van der Waals surface area (Å²) in [6, 6.07) is 14.0. The molecule has 2 heterocycles. The van der Waals surface area contributed by atoms with Crippen LogP contribution >= 0.6 is 34.7 Å². The number of carbonyl (C=O) groups is 1. The largest absolute Gasteiger partial charge is 0.301 e. The zero-order chi connectivity index (χ0) is 21.1. The van der Waals surface area contributed by atoms with E-state index in [-0.39, 0.29) is 11.7 Å². The number of anilines is 1. The number of halogens is 1. The first kappa shape index (κ1) is 20.8. The molecule has 0 aliphatic carbocycles. The standard InChI is InChI=1S/C22H19ClN4OS2/c1-13-8-14(2)26-22(25-13)29-12-20(28)27-21-24-11-18(30-21)9-16-5-3-4-15-6-7-17(23)10-19(15)16/h3-8,10-11H,9,12H2,1-2H3,(H,24,27,28). The van der Waals surface area contributed by atoms with Crippen LogP contribution < -0.4 is 5.32 Å². The Kier molecular flexibility index (Phi) is 6.32. The maximum Gasteiger partial charge on any atom is 0.236 e. The number of amides is 1. The number of hydrogen-bond acceptors (Lipinski definition) is 6. The Balaban J connectivity index is 1.40. The van der Waals surface area contributed by atoms with Crippen LogP contribution in [-0.2, 0) is 11.2 Å². The molecule has 0 saturated heterocycles. The summed E-state index contributed by atoms with van der Waals surface area (Å²) in [6.45, 7) is 3.83. The van der Waals surface area contributed by atoms with Gasteiger partial charge in [-0.05, 0) is 48.4 Å². The molecule has 0 aliphatic rings. The molecule has 0 bridgehead atoms. The van der Waals surface area contributed by atoms with Gasteiger partial charge >= 0.3 is 0 Å². The van der Waals surface area contributed by atoms with Gasteiger partial charge in [0.1, 0.15) is 0 Å². The summed E-state index contributed by atoms with van der Waals surface area (Å²) in [5.74, 6) is 0.111. The SMILES string of the molecule is Cc1cc(C)nc(SCC(=O)Nc2ncc(Cc3cccc4ccc(Cl)cc34)s2)n1. The van der Waals surface area contributed by atoms with Gasteiger partial charge in [0.2, 0.25) is 5.91 Å². The predicted molar refractivity (Wildman–Crippen MR) is 125 cm³/mol. The van der Waals surface area contributed by atoms with Gasteiger partial charge in [0.05, 0.1) is 5.75 Å². The Morgan fingerprint density at radius 3 is 2.73 bits per heavy atom. The summed E-state index contributed by atoms with van der Waals surface area (Å²) in [5.41, 5.74) is 2.97. The van der Waals surface area contributed by atoms with E-state index in [4.69, 9.17) is 11.6 Å². The molecule has 0 unspecified atom stereocenters. The highest BCUT2D eigenvalue weighted by Gasteiger charge is 2.11. The number of thiazole rings is 1. The molecule has 30 heavy (non-hydrogen) atoms. The second kappa shape index (κ2) is 9.12. The minimum absolute atomic E-state index is 0.124. The lowest BCUT2D eigenvalue weighted by atomic mass is 10.0. The van der Waals surface area contributed by atoms with Gasteiger partial charge in [-0.2, -0.15) is 0 Å². The number of benzene rings is 2. The highest BCUT2D eigenvalue weighted by molar-refractivity contribution is 7.99. The fraction of sp³-hybridized carbons (Fsp3) is 0.182. The molecule has 0 spiro atoms. The Morgan fingerprint density at radius 1 is 1.13 bits per heavy atom. The number of rotatable bonds is 6. The maximum absolute atomic E-state index is 12.3. The average Bonchev–Trinajstić information content (AvgIpc) is 3.13. The third-order valence-corrected chi connectivity index (χ3v) is 6.39. The van der Waals surface area contributed by atoms with E-state index in [2.05, 4.69) is 32.4 Å². The molecular weight excluding hydrogens is 436 g/mol. The van der Waals surface area contributed by atoms with Crippen molar-refractivity contribution < 1.29 is 4.79 Å². The summed E-state index contributed by atoms with van der Waals surface area (Å²) >= 11 is 8.98. The highest BCUT2D eigenvalue weighted by Crippen LogP contribution is 2.27. The molecular formula is C22H19ClN4OS2. The Bertz CT molecular complexity index is 1200. The van der Waals surface area contributed by atoms with Crippen LogP contribution in [0, 0.1) is 13.8 Å². The molecule has 0 fully saturated rings. The van der Waals surface area contributed by atoms with Crippen LogP contribution in [0.5, 0.6) is 0 Å². The molecule has 2 aromatic carbocycles. The molecule has 0 atom stereocenters. The van der Waals surface area contributed by atoms with E-state index in [1.807, 2.05) is 50.4 Å². The quantitative estimate of drug-likeness (QED) is 0.300. The molecule has 0 saturated carbocycles. The number of nitrogens with one attached hydrogen (secondary N) is 1. The highest BCUT2D eigenvalue weighted by atomic mass is 35.5. The fourth-order valence-electron chi connectivity index (χ4n) is 3.14. The van der Waals surface area contributed by atoms with Crippen LogP contribution in [0.2, 0.25) is 5.02 Å². The summed E-state index contributed by atoms with van der Waals surface area (Å²) in [5, 5.41) is 7.07. The van der Waals surface area contributed by atoms with E-state index < -0.39 is 0 Å². The summed E-state index contributed by atoms with van der Waals surface area (Å²) < 4.78 is 0. The van der Waals surface area contributed by atoms with Gasteiger partial charge < -0.3 is 5.32 Å². The lowest BCUT2D eigenvalue weighted by Gasteiger charge is -2.06. The lowest BCUT2D eigenvalue weighted by Crippen LogP contribution is -2.14. The average molecular weight is 455 g/mol. The van der Waals surface area contributed by atoms with Crippen molar-refractivity contribution in [2.45, 2.75) is 25.4 Å². The molecule has 4 rings (SSSR count). The van der Waals surface area contributed by atoms with Crippen molar-refractivity contribution in [3.8, 4) is 0 Å². The summed E-state index contributed by atoms with van der Waals surface area (Å²) in [4.78, 5) is 26.4. The first-order valence-corrected chi connectivity index (χ1v) is 11.5. The minimum Gasteiger partial charge on any atom is -0.301 e. The van der Waals surface area contributed by atoms with Crippen LogP contribution in [-0.4, -0.2) is 26.6 Å². The van der Waals surface area contributed by atoms with Gasteiger partial charge in [-0.3, -0.25) is 4.79 Å². The van der Waals surface area contributed by atoms with Gasteiger partial charge in [0.25, 0.3) is 0 Å². The number of fused-ring (bicyclic) bond motifs is 1. The molecule has 1 amide bonds. The fourth-order valence-corrected chi connectivity index (χ4v) is 4.92. The molecule has 0 aliphatic heterocycles. The summed E-state index contributed by atoms with van der Waals surface area (Å²) in [7, 11) is 0. The number of thioether (sulfide) groups is 1. The van der Waals surface area contributed by atoms with E-state index in [1.54, 1.807) is 0 Å². The molecule has 1 N–H and O–H groups in total. The first-order chi connectivity index (χ1) is 14.5. The molecule has 8 heteroatoms. The normalized spacial score (nSPS) is 11.0. The molecule has 152 valence electrons. The number of aryl methyl sites for hydroxylation is 2. The van der Waals surface area contributed by atoms with Crippen LogP contribution in [0.1, 0.15) is 21.8 Å². The zero-order valence-corrected chi connectivity index (χ0v) is 18.9. The Labute approximate surface area is 187 Å². The monoisotopic (exact) mass is 454 g/mol. The molecule has 4 aromatic rings. The van der Waals surface area contributed by atoms with Crippen LogP contribution in [0.25, 0.3) is 10.8 Å². The van der Waals surface area contributed by atoms with E-state index in [0.717, 1.165) is 38.5 Å². The molecule has 0 radical (unpaired) electrons. The minimum atomic E-state index is -0.124. The van der Waals surface area contributed by atoms with Crippen molar-refractivity contribution in [2.75, 3.05) is 11.1 Å². The smallest absolute Gasteiger partial charge is 0.236 e. The first-order valence-electron chi connectivity index (χ1n) is 9.33. The van der Waals surface area contributed by atoms with E-state index >= 15 is 0 Å². The van der Waals surface area contributed by atoms with Crippen molar-refractivity contribution in [3.05, 3.63) is 75.5 Å². The second-order valence-electron chi connectivity index (χ2n) is 6.86. The zero-order valence-electron chi connectivity index (χ0n) is 16.5. The van der Waals surface area contributed by atoms with Gasteiger partial charge in [0.15, 0.2) is 10.3 Å².